The van der Waals surface area contributed by atoms with Crippen molar-refractivity contribution in [3.05, 3.63) is 0 Å². The fraction of sp³-hybridized carbons (Fsp3) is 0.600. The van der Waals surface area contributed by atoms with Crippen molar-refractivity contribution in [2.75, 3.05) is 7.05 Å². The molecule has 0 saturated carbocycles. The maximum absolute atomic E-state index is 10.4. The molecule has 0 atom stereocenters. The van der Waals surface area contributed by atoms with Crippen molar-refractivity contribution in [3.63, 3.8) is 0 Å². The Morgan fingerprint density at radius 1 is 1.88 bits per heavy atom. The zero-order valence-corrected chi connectivity index (χ0v) is 5.01. The molecular weight excluding hydrogens is 104 g/mol. The van der Waals surface area contributed by atoms with E-state index in [0.717, 1.165) is 4.90 Å². The van der Waals surface area contributed by atoms with E-state index in [0.29, 0.717) is 6.42 Å². The van der Waals surface area contributed by atoms with Crippen molar-refractivity contribution < 1.29 is 4.79 Å². The maximum Gasteiger partial charge on any atom is 0.235 e. The van der Waals surface area contributed by atoms with Gasteiger partial charge in [-0.3, -0.25) is 9.69 Å². The number of nitriles is 1. The molecule has 0 rings (SSSR count). The van der Waals surface area contributed by atoms with E-state index in [2.05, 4.69) is 0 Å². The van der Waals surface area contributed by atoms with Gasteiger partial charge in [-0.05, 0) is 0 Å². The fourth-order valence-corrected chi connectivity index (χ4v) is 0.293. The van der Waals surface area contributed by atoms with Crippen LogP contribution in [0.25, 0.3) is 0 Å². The number of hydrogen-bond acceptors (Lipinski definition) is 2. The van der Waals surface area contributed by atoms with Gasteiger partial charge in [0, 0.05) is 13.5 Å². The van der Waals surface area contributed by atoms with Crippen LogP contribution in [0.15, 0.2) is 0 Å². The average Bonchev–Trinajstić information content (AvgIpc) is 1.84. The van der Waals surface area contributed by atoms with Gasteiger partial charge in [-0.25, -0.2) is 0 Å². The van der Waals surface area contributed by atoms with Crippen LogP contribution in [0, 0.1) is 11.5 Å². The summed E-state index contributed by atoms with van der Waals surface area (Å²) in [5.74, 6) is -0.146. The fourth-order valence-electron chi connectivity index (χ4n) is 0.293. The second-order valence-corrected chi connectivity index (χ2v) is 1.41. The summed E-state index contributed by atoms with van der Waals surface area (Å²) in [5.41, 5.74) is 0. The molecule has 0 aromatic carbocycles. The largest absolute Gasteiger partial charge is 0.274 e. The summed E-state index contributed by atoms with van der Waals surface area (Å²) < 4.78 is 0. The minimum atomic E-state index is -0.146. The van der Waals surface area contributed by atoms with Gasteiger partial charge in [0.15, 0.2) is 6.19 Å². The van der Waals surface area contributed by atoms with Crippen LogP contribution < -0.4 is 0 Å². The predicted molar refractivity (Wildman–Crippen MR) is 28.7 cm³/mol. The molecule has 0 heterocycles. The minimum absolute atomic E-state index is 0.146. The summed E-state index contributed by atoms with van der Waals surface area (Å²) in [6, 6.07) is 0. The Morgan fingerprint density at radius 2 is 2.38 bits per heavy atom. The number of amides is 1. The standard InChI is InChI=1S/C5H8N2O/c1-3-5(8)7(2)4-6/h3H2,1-2H3. The summed E-state index contributed by atoms with van der Waals surface area (Å²) in [6.45, 7) is 1.72. The quantitative estimate of drug-likeness (QED) is 0.362. The number of hydrogen-bond donors (Lipinski definition) is 0. The second-order valence-electron chi connectivity index (χ2n) is 1.41. The molecule has 44 valence electrons. The molecule has 0 bridgehead atoms. The first kappa shape index (κ1) is 6.96. The summed E-state index contributed by atoms with van der Waals surface area (Å²) in [4.78, 5) is 11.5. The average molecular weight is 112 g/mol. The molecule has 0 spiro atoms. The van der Waals surface area contributed by atoms with Gasteiger partial charge in [0.2, 0.25) is 5.91 Å². The lowest BCUT2D eigenvalue weighted by molar-refractivity contribution is -0.126. The summed E-state index contributed by atoms with van der Waals surface area (Å²) in [7, 11) is 1.45. The Morgan fingerprint density at radius 3 is 2.50 bits per heavy atom. The molecule has 0 unspecified atom stereocenters. The highest BCUT2D eigenvalue weighted by Crippen LogP contribution is 1.84. The third kappa shape index (κ3) is 1.61. The topological polar surface area (TPSA) is 44.1 Å². The molecule has 0 aromatic rings. The third-order valence-corrected chi connectivity index (χ3v) is 0.827. The Bertz CT molecular complexity index is 125. The molecule has 8 heavy (non-hydrogen) atoms. The molecule has 0 N–H and O–H groups in total. The van der Waals surface area contributed by atoms with Crippen molar-refractivity contribution >= 4 is 5.91 Å². The van der Waals surface area contributed by atoms with Crippen LogP contribution in [0.2, 0.25) is 0 Å². The van der Waals surface area contributed by atoms with Crippen LogP contribution in [-0.4, -0.2) is 17.9 Å². The molecule has 0 aromatic heterocycles. The molecule has 0 saturated heterocycles. The first-order chi connectivity index (χ1) is 3.72. The van der Waals surface area contributed by atoms with E-state index >= 15 is 0 Å². The van der Waals surface area contributed by atoms with Crippen molar-refractivity contribution in [3.8, 4) is 6.19 Å². The SMILES string of the molecule is CCC(=O)N(C)C#N. The molecule has 0 aliphatic heterocycles. The van der Waals surface area contributed by atoms with Crippen LogP contribution in [0.3, 0.4) is 0 Å². The lowest BCUT2D eigenvalue weighted by atomic mass is 10.4. The van der Waals surface area contributed by atoms with Gasteiger partial charge < -0.3 is 0 Å². The first-order valence-corrected chi connectivity index (χ1v) is 2.38. The zero-order valence-electron chi connectivity index (χ0n) is 5.01. The zero-order chi connectivity index (χ0) is 6.57. The van der Waals surface area contributed by atoms with Gasteiger partial charge in [0.1, 0.15) is 0 Å². The molecule has 0 radical (unpaired) electrons. The number of carbonyl (C=O) groups excluding carboxylic acids is 1. The molecule has 3 nitrogen and oxygen atoms in total. The molecule has 0 aliphatic rings. The summed E-state index contributed by atoms with van der Waals surface area (Å²) in [6.07, 6.45) is 2.09. The van der Waals surface area contributed by atoms with Gasteiger partial charge in [0.05, 0.1) is 0 Å². The molecular formula is C5H8N2O. The molecule has 0 fully saturated rings. The first-order valence-electron chi connectivity index (χ1n) is 2.38. The van der Waals surface area contributed by atoms with Gasteiger partial charge >= 0.3 is 0 Å². The monoisotopic (exact) mass is 112 g/mol. The molecule has 0 aliphatic carbocycles. The minimum Gasteiger partial charge on any atom is -0.274 e. The van der Waals surface area contributed by atoms with Crippen LogP contribution in [0.1, 0.15) is 13.3 Å². The van der Waals surface area contributed by atoms with E-state index in [4.69, 9.17) is 5.26 Å². The Hall–Kier alpha value is -1.04. The summed E-state index contributed by atoms with van der Waals surface area (Å²) >= 11 is 0. The number of nitrogens with zero attached hydrogens (tertiary/aromatic N) is 2. The number of rotatable bonds is 1. The van der Waals surface area contributed by atoms with E-state index in [1.165, 1.54) is 7.05 Å². The highest BCUT2D eigenvalue weighted by Gasteiger charge is 2.00. The predicted octanol–water partition coefficient (Wildman–Crippen LogP) is 0.336. The maximum atomic E-state index is 10.4. The van der Waals surface area contributed by atoms with Gasteiger partial charge in [-0.15, -0.1) is 0 Å². The van der Waals surface area contributed by atoms with Gasteiger partial charge in [-0.2, -0.15) is 5.26 Å². The van der Waals surface area contributed by atoms with Crippen molar-refractivity contribution in [2.24, 2.45) is 0 Å². The van der Waals surface area contributed by atoms with E-state index < -0.39 is 0 Å². The van der Waals surface area contributed by atoms with Gasteiger partial charge in [0.25, 0.3) is 0 Å². The highest BCUT2D eigenvalue weighted by atomic mass is 16.2. The Balaban J connectivity index is 3.68. The Labute approximate surface area is 48.5 Å². The normalized spacial score (nSPS) is 7.62. The van der Waals surface area contributed by atoms with E-state index in [1.54, 1.807) is 13.1 Å². The van der Waals surface area contributed by atoms with Crippen LogP contribution in [0.4, 0.5) is 0 Å². The second kappa shape index (κ2) is 3.03. The smallest absolute Gasteiger partial charge is 0.235 e. The lowest BCUT2D eigenvalue weighted by Crippen LogP contribution is -2.19. The van der Waals surface area contributed by atoms with Crippen LogP contribution >= 0.6 is 0 Å². The van der Waals surface area contributed by atoms with E-state index in [9.17, 15) is 4.79 Å². The Kier molecular flexibility index (Phi) is 2.63. The van der Waals surface area contributed by atoms with Crippen molar-refractivity contribution in [1.29, 1.82) is 5.26 Å². The van der Waals surface area contributed by atoms with Crippen LogP contribution in [-0.2, 0) is 4.79 Å². The van der Waals surface area contributed by atoms with Crippen molar-refractivity contribution in [2.45, 2.75) is 13.3 Å². The lowest BCUT2D eigenvalue weighted by Gasteiger charge is -2.01. The molecule has 3 heteroatoms. The van der Waals surface area contributed by atoms with E-state index in [1.807, 2.05) is 0 Å². The third-order valence-electron chi connectivity index (χ3n) is 0.827. The highest BCUT2D eigenvalue weighted by molar-refractivity contribution is 5.76. The van der Waals surface area contributed by atoms with E-state index in [-0.39, 0.29) is 5.91 Å². The van der Waals surface area contributed by atoms with Crippen LogP contribution in [0.5, 0.6) is 0 Å². The van der Waals surface area contributed by atoms with Gasteiger partial charge in [-0.1, -0.05) is 6.92 Å². The summed E-state index contributed by atoms with van der Waals surface area (Å²) in [5, 5.41) is 8.09. The van der Waals surface area contributed by atoms with Crippen molar-refractivity contribution in [1.82, 2.24) is 4.90 Å². The molecule has 1 amide bonds. The number of carbonyl (C=O) groups is 1.